The second-order valence-electron chi connectivity index (χ2n) is 7.06. The summed E-state index contributed by atoms with van der Waals surface area (Å²) in [4.78, 5) is 20.7. The molecule has 0 unspecified atom stereocenters. The largest absolute Gasteiger partial charge is 0.453 e. The molecule has 2 heterocycles. The molecule has 2 aromatic carbocycles. The number of hydrogen-bond acceptors (Lipinski definition) is 6. The molecule has 0 atom stereocenters. The Morgan fingerprint density at radius 3 is 2.54 bits per heavy atom. The Labute approximate surface area is 197 Å². The van der Waals surface area contributed by atoms with Gasteiger partial charge in [0, 0.05) is 36.3 Å². The maximum atomic E-state index is 14.8. The molecule has 1 amide bonds. The molecular formula is C25H16F3N5O2. The second-order valence-corrected chi connectivity index (χ2v) is 7.06. The van der Waals surface area contributed by atoms with Crippen LogP contribution in [0, 0.1) is 29.8 Å². The molecule has 10 heteroatoms. The van der Waals surface area contributed by atoms with Crippen LogP contribution in [-0.2, 0) is 0 Å². The topological polar surface area (TPSA) is 102 Å². The molecule has 0 radical (unpaired) electrons. The molecule has 0 bridgehead atoms. The minimum absolute atomic E-state index is 0.0443. The molecule has 0 fully saturated rings. The summed E-state index contributed by atoms with van der Waals surface area (Å²) in [6.07, 6.45) is 8.22. The van der Waals surface area contributed by atoms with Gasteiger partial charge in [-0.05, 0) is 36.4 Å². The number of anilines is 4. The SMILES string of the molecule is C#Cc1c(Oc2ccc(Nc3ncccc3C(=O)Nc3ccc(F)cc3F)cc2F)ccnc1N. The molecule has 4 aromatic rings. The molecule has 4 rings (SSSR count). The van der Waals surface area contributed by atoms with E-state index in [1.54, 1.807) is 0 Å². The highest BCUT2D eigenvalue weighted by atomic mass is 19.1. The highest BCUT2D eigenvalue weighted by molar-refractivity contribution is 6.07. The van der Waals surface area contributed by atoms with E-state index in [4.69, 9.17) is 16.9 Å². The highest BCUT2D eigenvalue weighted by Crippen LogP contribution is 2.31. The summed E-state index contributed by atoms with van der Waals surface area (Å²) in [6, 6.07) is 11.1. The van der Waals surface area contributed by atoms with Crippen LogP contribution in [-0.4, -0.2) is 15.9 Å². The van der Waals surface area contributed by atoms with E-state index in [1.165, 1.54) is 42.7 Å². The van der Waals surface area contributed by atoms with Gasteiger partial charge in [0.2, 0.25) is 0 Å². The number of rotatable bonds is 6. The molecule has 35 heavy (non-hydrogen) atoms. The lowest BCUT2D eigenvalue weighted by Gasteiger charge is -2.13. The van der Waals surface area contributed by atoms with Gasteiger partial charge in [-0.1, -0.05) is 5.92 Å². The van der Waals surface area contributed by atoms with Crippen LogP contribution >= 0.6 is 0 Å². The zero-order valence-electron chi connectivity index (χ0n) is 17.9. The number of hydrogen-bond donors (Lipinski definition) is 3. The summed E-state index contributed by atoms with van der Waals surface area (Å²) in [5.74, 6) is -0.597. The van der Waals surface area contributed by atoms with Crippen molar-refractivity contribution in [1.29, 1.82) is 0 Å². The number of carbonyl (C=O) groups excluding carboxylic acids is 1. The van der Waals surface area contributed by atoms with Crippen molar-refractivity contribution in [2.24, 2.45) is 0 Å². The number of nitrogens with zero attached hydrogens (tertiary/aromatic N) is 2. The fourth-order valence-corrected chi connectivity index (χ4v) is 3.07. The monoisotopic (exact) mass is 475 g/mol. The second kappa shape index (κ2) is 9.84. The fourth-order valence-electron chi connectivity index (χ4n) is 3.07. The van der Waals surface area contributed by atoms with Crippen molar-refractivity contribution in [3.8, 4) is 23.8 Å². The third-order valence-corrected chi connectivity index (χ3v) is 4.73. The Kier molecular flexibility index (Phi) is 6.50. The number of nitrogens with two attached hydrogens (primary N) is 1. The van der Waals surface area contributed by atoms with Crippen molar-refractivity contribution in [2.75, 3.05) is 16.4 Å². The van der Waals surface area contributed by atoms with Crippen molar-refractivity contribution in [3.05, 3.63) is 95.6 Å². The molecule has 0 aliphatic heterocycles. The summed E-state index contributed by atoms with van der Waals surface area (Å²) in [5, 5.41) is 5.20. The van der Waals surface area contributed by atoms with Crippen LogP contribution in [0.1, 0.15) is 15.9 Å². The zero-order valence-corrected chi connectivity index (χ0v) is 17.9. The Balaban J connectivity index is 1.54. The first kappa shape index (κ1) is 23.1. The first-order chi connectivity index (χ1) is 16.9. The first-order valence-corrected chi connectivity index (χ1v) is 10.0. The number of nitrogens with one attached hydrogen (secondary N) is 2. The molecule has 0 saturated carbocycles. The summed E-state index contributed by atoms with van der Waals surface area (Å²) in [5.41, 5.74) is 6.00. The van der Waals surface area contributed by atoms with Crippen LogP contribution in [0.15, 0.2) is 67.0 Å². The zero-order chi connectivity index (χ0) is 24.9. The molecule has 7 nitrogen and oxygen atoms in total. The van der Waals surface area contributed by atoms with Gasteiger partial charge in [0.05, 0.1) is 11.3 Å². The fraction of sp³-hybridized carbons (Fsp3) is 0. The predicted molar refractivity (Wildman–Crippen MR) is 125 cm³/mol. The van der Waals surface area contributed by atoms with E-state index in [-0.39, 0.29) is 45.6 Å². The number of pyridine rings is 2. The Bertz CT molecular complexity index is 1470. The van der Waals surface area contributed by atoms with Crippen LogP contribution in [0.2, 0.25) is 0 Å². The van der Waals surface area contributed by atoms with Gasteiger partial charge in [0.25, 0.3) is 5.91 Å². The molecule has 0 saturated heterocycles. The van der Waals surface area contributed by atoms with Gasteiger partial charge in [-0.2, -0.15) is 0 Å². The number of terminal acetylenes is 1. The van der Waals surface area contributed by atoms with Gasteiger partial charge in [-0.25, -0.2) is 23.1 Å². The maximum absolute atomic E-state index is 14.8. The molecular weight excluding hydrogens is 459 g/mol. The molecule has 0 aliphatic carbocycles. The third kappa shape index (κ3) is 5.15. The van der Waals surface area contributed by atoms with Gasteiger partial charge in [0.15, 0.2) is 11.6 Å². The van der Waals surface area contributed by atoms with Crippen molar-refractivity contribution in [3.63, 3.8) is 0 Å². The minimum atomic E-state index is -0.932. The number of ether oxygens (including phenoxy) is 1. The number of aromatic nitrogens is 2. The summed E-state index contributed by atoms with van der Waals surface area (Å²) < 4.78 is 47.4. The maximum Gasteiger partial charge on any atom is 0.259 e. The van der Waals surface area contributed by atoms with Gasteiger partial charge < -0.3 is 21.1 Å². The van der Waals surface area contributed by atoms with Gasteiger partial charge in [-0.15, -0.1) is 6.42 Å². The van der Waals surface area contributed by atoms with Gasteiger partial charge in [0.1, 0.15) is 34.6 Å². The van der Waals surface area contributed by atoms with E-state index in [9.17, 15) is 18.0 Å². The molecule has 174 valence electrons. The lowest BCUT2D eigenvalue weighted by atomic mass is 10.2. The Hall–Kier alpha value is -5.04. The van der Waals surface area contributed by atoms with Gasteiger partial charge >= 0.3 is 0 Å². The molecule has 2 aromatic heterocycles. The van der Waals surface area contributed by atoms with Crippen LogP contribution < -0.4 is 21.1 Å². The third-order valence-electron chi connectivity index (χ3n) is 4.73. The first-order valence-electron chi connectivity index (χ1n) is 10.0. The lowest BCUT2D eigenvalue weighted by molar-refractivity contribution is 0.102. The normalized spacial score (nSPS) is 10.3. The molecule has 4 N–H and O–H groups in total. The average molecular weight is 475 g/mol. The summed E-state index contributed by atoms with van der Waals surface area (Å²) in [7, 11) is 0. The average Bonchev–Trinajstić information content (AvgIpc) is 2.83. The lowest BCUT2D eigenvalue weighted by Crippen LogP contribution is -2.15. The smallest absolute Gasteiger partial charge is 0.259 e. The summed E-state index contributed by atoms with van der Waals surface area (Å²) in [6.45, 7) is 0. The van der Waals surface area contributed by atoms with Crippen molar-refractivity contribution in [1.82, 2.24) is 9.97 Å². The van der Waals surface area contributed by atoms with E-state index in [2.05, 4.69) is 26.5 Å². The van der Waals surface area contributed by atoms with Crippen molar-refractivity contribution < 1.29 is 22.7 Å². The molecule has 0 spiro atoms. The standard InChI is InChI=1S/C25H16F3N5O2/c1-2-16-21(9-11-30-23(16)29)35-22-8-6-15(13-19(22)28)32-24-17(4-3-10-31-24)25(34)33-20-7-5-14(26)12-18(20)27/h1,3-13H,(H2,29,30)(H,31,32)(H,33,34). The summed E-state index contributed by atoms with van der Waals surface area (Å²) >= 11 is 0. The van der Waals surface area contributed by atoms with E-state index < -0.39 is 23.4 Å². The van der Waals surface area contributed by atoms with Crippen LogP contribution in [0.25, 0.3) is 0 Å². The number of nitrogen functional groups attached to an aromatic ring is 1. The van der Waals surface area contributed by atoms with Crippen LogP contribution in [0.4, 0.5) is 36.2 Å². The van der Waals surface area contributed by atoms with Crippen LogP contribution in [0.5, 0.6) is 11.5 Å². The van der Waals surface area contributed by atoms with Crippen molar-refractivity contribution >= 4 is 28.9 Å². The number of benzene rings is 2. The Morgan fingerprint density at radius 2 is 1.80 bits per heavy atom. The van der Waals surface area contributed by atoms with E-state index in [1.807, 2.05) is 0 Å². The Morgan fingerprint density at radius 1 is 0.971 bits per heavy atom. The van der Waals surface area contributed by atoms with Crippen molar-refractivity contribution in [2.45, 2.75) is 0 Å². The van der Waals surface area contributed by atoms with Gasteiger partial charge in [-0.3, -0.25) is 4.79 Å². The quantitative estimate of drug-likeness (QED) is 0.330. The number of amides is 1. The predicted octanol–water partition coefficient (Wildman–Crippen LogP) is 5.25. The van der Waals surface area contributed by atoms with E-state index in [0.717, 1.165) is 18.2 Å². The van der Waals surface area contributed by atoms with Crippen LogP contribution in [0.3, 0.4) is 0 Å². The highest BCUT2D eigenvalue weighted by Gasteiger charge is 2.16. The number of halogens is 3. The van der Waals surface area contributed by atoms with E-state index in [0.29, 0.717) is 6.07 Å². The number of carbonyl (C=O) groups is 1. The minimum Gasteiger partial charge on any atom is -0.453 e. The van der Waals surface area contributed by atoms with E-state index >= 15 is 0 Å². The molecule has 0 aliphatic rings.